The van der Waals surface area contributed by atoms with E-state index in [0.717, 1.165) is 0 Å². The summed E-state index contributed by atoms with van der Waals surface area (Å²) in [7, 11) is 1.96. The van der Waals surface area contributed by atoms with Crippen LogP contribution in [-0.4, -0.2) is 19.1 Å². The third kappa shape index (κ3) is 2.82. The summed E-state index contributed by atoms with van der Waals surface area (Å²) in [6, 6.07) is 0.803. The van der Waals surface area contributed by atoms with Gasteiger partial charge in [0.1, 0.15) is 0 Å². The Bertz CT molecular complexity index is 71.3. The molecule has 0 saturated carbocycles. The van der Waals surface area contributed by atoms with Crippen LogP contribution in [0, 0.1) is 5.92 Å². The molecule has 56 valence electrons. The predicted octanol–water partition coefficient (Wildman–Crippen LogP) is 0.578. The number of nitrogens with one attached hydrogen (secondary N) is 1. The average molecular weight is 130 g/mol. The van der Waals surface area contributed by atoms with Crippen molar-refractivity contribution in [3.8, 4) is 0 Å². The summed E-state index contributed by atoms with van der Waals surface area (Å²) >= 11 is 0. The number of nitrogens with two attached hydrogens (primary N) is 1. The summed E-state index contributed by atoms with van der Waals surface area (Å²) in [6.45, 7) is 6.35. The first-order chi connectivity index (χ1) is 4.09. The van der Waals surface area contributed by atoms with E-state index in [0.29, 0.717) is 12.0 Å². The van der Waals surface area contributed by atoms with Crippen LogP contribution in [0.25, 0.3) is 0 Å². The summed E-state index contributed by atoms with van der Waals surface area (Å²) < 4.78 is 0. The van der Waals surface area contributed by atoms with Crippen molar-refractivity contribution in [3.05, 3.63) is 0 Å². The largest absolute Gasteiger partial charge is 0.328 e. The highest BCUT2D eigenvalue weighted by atomic mass is 14.9. The second kappa shape index (κ2) is 3.85. The van der Waals surface area contributed by atoms with Crippen LogP contribution < -0.4 is 11.1 Å². The highest BCUT2D eigenvalue weighted by Crippen LogP contribution is 2.04. The predicted molar refractivity (Wildman–Crippen MR) is 41.3 cm³/mol. The van der Waals surface area contributed by atoms with Crippen molar-refractivity contribution in [3.63, 3.8) is 0 Å². The molecule has 0 aliphatic heterocycles. The summed E-state index contributed by atoms with van der Waals surface area (Å²) in [5, 5.41) is 3.17. The van der Waals surface area contributed by atoms with Crippen molar-refractivity contribution >= 4 is 0 Å². The van der Waals surface area contributed by atoms with Gasteiger partial charge in [-0.1, -0.05) is 6.92 Å². The molecule has 0 aromatic carbocycles. The minimum atomic E-state index is 0.285. The van der Waals surface area contributed by atoms with E-state index in [9.17, 15) is 0 Å². The van der Waals surface area contributed by atoms with Crippen molar-refractivity contribution in [1.82, 2.24) is 5.32 Å². The van der Waals surface area contributed by atoms with E-state index in [2.05, 4.69) is 19.2 Å². The lowest BCUT2D eigenvalue weighted by molar-refractivity contribution is 0.373. The van der Waals surface area contributed by atoms with Gasteiger partial charge in [-0.3, -0.25) is 0 Å². The molecule has 0 aliphatic carbocycles. The van der Waals surface area contributed by atoms with Crippen LogP contribution in [0.5, 0.6) is 0 Å². The minimum absolute atomic E-state index is 0.285. The highest BCUT2D eigenvalue weighted by molar-refractivity contribution is 4.73. The van der Waals surface area contributed by atoms with Gasteiger partial charge >= 0.3 is 0 Å². The van der Waals surface area contributed by atoms with Crippen molar-refractivity contribution < 1.29 is 0 Å². The van der Waals surface area contributed by atoms with E-state index in [1.54, 1.807) is 0 Å². The Hall–Kier alpha value is -0.0800. The maximum atomic E-state index is 5.67. The molecule has 2 heteroatoms. The Morgan fingerprint density at radius 2 is 1.67 bits per heavy atom. The van der Waals surface area contributed by atoms with Gasteiger partial charge in [0, 0.05) is 12.1 Å². The Balaban J connectivity index is 3.58. The van der Waals surface area contributed by atoms with Crippen molar-refractivity contribution in [2.24, 2.45) is 11.7 Å². The van der Waals surface area contributed by atoms with Crippen LogP contribution in [0.3, 0.4) is 0 Å². The van der Waals surface area contributed by atoms with Gasteiger partial charge in [0.05, 0.1) is 0 Å². The molecule has 0 radical (unpaired) electrons. The zero-order valence-electron chi connectivity index (χ0n) is 6.81. The molecule has 0 heterocycles. The minimum Gasteiger partial charge on any atom is -0.328 e. The normalized spacial score (nSPS) is 21.0. The zero-order chi connectivity index (χ0) is 7.44. The molecule has 2 nitrogen and oxygen atoms in total. The Morgan fingerprint density at radius 1 is 1.22 bits per heavy atom. The Labute approximate surface area is 57.8 Å². The molecule has 0 rings (SSSR count). The van der Waals surface area contributed by atoms with Crippen molar-refractivity contribution in [2.45, 2.75) is 32.9 Å². The average Bonchev–Trinajstić information content (AvgIpc) is 1.84. The van der Waals surface area contributed by atoms with Gasteiger partial charge in [-0.25, -0.2) is 0 Å². The molecule has 0 fully saturated rings. The molecule has 0 aromatic heterocycles. The standard InChI is InChI=1S/C7H18N2/c1-5(6(2)8)7(3)9-4/h5-7,9H,8H2,1-4H3/t5-,6+,7+/m0/s1. The molecule has 0 saturated heterocycles. The number of rotatable bonds is 3. The van der Waals surface area contributed by atoms with Crippen LogP contribution in [-0.2, 0) is 0 Å². The maximum Gasteiger partial charge on any atom is 0.00760 e. The van der Waals surface area contributed by atoms with Gasteiger partial charge in [0.15, 0.2) is 0 Å². The van der Waals surface area contributed by atoms with Crippen LogP contribution in [0.15, 0.2) is 0 Å². The second-order valence-electron chi connectivity index (χ2n) is 2.80. The first-order valence-electron chi connectivity index (χ1n) is 3.52. The summed E-state index contributed by atoms with van der Waals surface area (Å²) in [6.07, 6.45) is 0. The van der Waals surface area contributed by atoms with Crippen LogP contribution in [0.2, 0.25) is 0 Å². The van der Waals surface area contributed by atoms with Gasteiger partial charge in [-0.2, -0.15) is 0 Å². The molecule has 0 aromatic rings. The molecular weight excluding hydrogens is 112 g/mol. The Kier molecular flexibility index (Phi) is 3.82. The molecule has 0 unspecified atom stereocenters. The summed E-state index contributed by atoms with van der Waals surface area (Å²) in [4.78, 5) is 0. The highest BCUT2D eigenvalue weighted by Gasteiger charge is 2.12. The van der Waals surface area contributed by atoms with Crippen LogP contribution in [0.1, 0.15) is 20.8 Å². The first-order valence-corrected chi connectivity index (χ1v) is 3.52. The van der Waals surface area contributed by atoms with Crippen LogP contribution in [0.4, 0.5) is 0 Å². The third-order valence-corrected chi connectivity index (χ3v) is 2.07. The van der Waals surface area contributed by atoms with E-state index in [4.69, 9.17) is 5.73 Å². The number of hydrogen-bond acceptors (Lipinski definition) is 2. The lowest BCUT2D eigenvalue weighted by Gasteiger charge is -2.22. The summed E-state index contributed by atoms with van der Waals surface area (Å²) in [5.74, 6) is 0.551. The Morgan fingerprint density at radius 3 is 1.78 bits per heavy atom. The van der Waals surface area contributed by atoms with Crippen LogP contribution >= 0.6 is 0 Å². The molecule has 0 spiro atoms. The van der Waals surface area contributed by atoms with Crippen molar-refractivity contribution in [2.75, 3.05) is 7.05 Å². The fourth-order valence-corrected chi connectivity index (χ4v) is 0.718. The molecule has 3 atom stereocenters. The third-order valence-electron chi connectivity index (χ3n) is 2.07. The quantitative estimate of drug-likeness (QED) is 0.586. The molecule has 9 heavy (non-hydrogen) atoms. The topological polar surface area (TPSA) is 38.0 Å². The van der Waals surface area contributed by atoms with Gasteiger partial charge < -0.3 is 11.1 Å². The second-order valence-corrected chi connectivity index (χ2v) is 2.80. The van der Waals surface area contributed by atoms with E-state index in [-0.39, 0.29) is 6.04 Å². The zero-order valence-corrected chi connectivity index (χ0v) is 6.81. The molecular formula is C7H18N2. The number of hydrogen-bond donors (Lipinski definition) is 2. The van der Waals surface area contributed by atoms with E-state index in [1.807, 2.05) is 14.0 Å². The smallest absolute Gasteiger partial charge is 0.00760 e. The lowest BCUT2D eigenvalue weighted by Crippen LogP contribution is -2.38. The first kappa shape index (κ1) is 8.92. The van der Waals surface area contributed by atoms with E-state index < -0.39 is 0 Å². The SMILES string of the molecule is CN[C@H](C)[C@@H](C)[C@@H](C)N. The van der Waals surface area contributed by atoms with Gasteiger partial charge in [0.25, 0.3) is 0 Å². The van der Waals surface area contributed by atoms with E-state index in [1.165, 1.54) is 0 Å². The fourth-order valence-electron chi connectivity index (χ4n) is 0.718. The lowest BCUT2D eigenvalue weighted by atomic mass is 9.97. The van der Waals surface area contributed by atoms with Gasteiger partial charge in [-0.15, -0.1) is 0 Å². The molecule has 0 amide bonds. The van der Waals surface area contributed by atoms with Gasteiger partial charge in [-0.05, 0) is 26.8 Å². The van der Waals surface area contributed by atoms with E-state index >= 15 is 0 Å². The maximum absolute atomic E-state index is 5.67. The summed E-state index contributed by atoms with van der Waals surface area (Å²) in [5.41, 5.74) is 5.67. The van der Waals surface area contributed by atoms with Crippen molar-refractivity contribution in [1.29, 1.82) is 0 Å². The molecule has 0 bridgehead atoms. The fraction of sp³-hybridized carbons (Fsp3) is 1.00. The van der Waals surface area contributed by atoms with Gasteiger partial charge in [0.2, 0.25) is 0 Å². The monoisotopic (exact) mass is 130 g/mol. The molecule has 0 aliphatic rings. The molecule has 3 N–H and O–H groups in total.